The number of nitrogens with zero attached hydrogens (tertiary/aromatic N) is 3. The Morgan fingerprint density at radius 1 is 1.10 bits per heavy atom. The van der Waals surface area contributed by atoms with Crippen LogP contribution in [0, 0.1) is 0 Å². The van der Waals surface area contributed by atoms with E-state index in [4.69, 9.17) is 4.74 Å². The second kappa shape index (κ2) is 7.66. The number of nitrogens with one attached hydrogen (secondary N) is 1. The summed E-state index contributed by atoms with van der Waals surface area (Å²) >= 11 is 0. The van der Waals surface area contributed by atoms with Crippen LogP contribution in [-0.2, 0) is 30.5 Å². The smallest absolute Gasteiger partial charge is 0.423 e. The van der Waals surface area contributed by atoms with E-state index in [2.05, 4.69) is 0 Å². The number of ether oxygens (including phenoxy) is 1. The minimum atomic E-state index is -1.15. The van der Waals surface area contributed by atoms with Gasteiger partial charge in [0.05, 0.1) is 17.7 Å². The van der Waals surface area contributed by atoms with Gasteiger partial charge in [0.1, 0.15) is 6.61 Å². The Morgan fingerprint density at radius 3 is 2.34 bits per heavy atom. The zero-order chi connectivity index (χ0) is 21.3. The first-order valence-electron chi connectivity index (χ1n) is 8.68. The predicted molar refractivity (Wildman–Crippen MR) is 94.1 cm³/mol. The van der Waals surface area contributed by atoms with Crippen molar-refractivity contribution in [3.63, 3.8) is 0 Å². The van der Waals surface area contributed by atoms with E-state index in [1.807, 2.05) is 4.98 Å². The van der Waals surface area contributed by atoms with Crippen molar-refractivity contribution in [1.82, 2.24) is 19.4 Å². The molecule has 1 N–H and O–H groups in total. The molecule has 0 atom stereocenters. The third-order valence-corrected chi connectivity index (χ3v) is 4.42. The number of imide groups is 4. The van der Waals surface area contributed by atoms with Crippen molar-refractivity contribution in [3.05, 3.63) is 38.7 Å². The van der Waals surface area contributed by atoms with E-state index in [-0.39, 0.29) is 43.7 Å². The van der Waals surface area contributed by atoms with Gasteiger partial charge in [0, 0.05) is 31.7 Å². The lowest BCUT2D eigenvalue weighted by Crippen LogP contribution is -2.37. The number of likely N-dealkylation sites (tertiary alicyclic amines) is 1. The van der Waals surface area contributed by atoms with Gasteiger partial charge in [0.25, 0.3) is 17.4 Å². The zero-order valence-corrected chi connectivity index (χ0v) is 15.3. The van der Waals surface area contributed by atoms with Crippen molar-refractivity contribution < 1.29 is 28.7 Å². The van der Waals surface area contributed by atoms with Crippen LogP contribution in [0.2, 0.25) is 0 Å². The number of carbonyl (C=O) groups excluding carboxylic acids is 5. The fourth-order valence-electron chi connectivity index (χ4n) is 2.94. The van der Waals surface area contributed by atoms with Gasteiger partial charge >= 0.3 is 11.8 Å². The topological polar surface area (TPSA) is 156 Å². The maximum atomic E-state index is 12.3. The molecule has 5 amide bonds. The van der Waals surface area contributed by atoms with Crippen LogP contribution in [0.4, 0.5) is 4.79 Å². The normalized spacial score (nSPS) is 16.7. The molecule has 3 heterocycles. The molecular formula is C17H16N4O8. The molecule has 1 fully saturated rings. The Morgan fingerprint density at radius 2 is 1.76 bits per heavy atom. The first-order valence-corrected chi connectivity index (χ1v) is 8.68. The molecule has 0 radical (unpaired) electrons. The Kier molecular flexibility index (Phi) is 5.26. The van der Waals surface area contributed by atoms with Crippen molar-refractivity contribution >= 4 is 35.3 Å². The van der Waals surface area contributed by atoms with Crippen molar-refractivity contribution in [2.24, 2.45) is 0 Å². The molecule has 0 bridgehead atoms. The second-order valence-corrected chi connectivity index (χ2v) is 6.18. The first-order chi connectivity index (χ1) is 13.7. The number of aromatic nitrogens is 2. The Bertz CT molecular complexity index is 1060. The molecule has 0 saturated carbocycles. The molecule has 1 saturated heterocycles. The standard InChI is InChI=1S/C17H16N4O8/c1-2-20-13(24)7-9(15(20)26)10-8-19(16(27)18-14(10)25)5-6-29-17(28)21-11(22)3-4-12(21)23/h7-8H,2-6H2,1H3,(H,18,25,27). The van der Waals surface area contributed by atoms with Gasteiger partial charge in [-0.25, -0.2) is 9.59 Å². The highest BCUT2D eigenvalue weighted by atomic mass is 16.6. The molecule has 0 aliphatic carbocycles. The van der Waals surface area contributed by atoms with E-state index in [0.717, 1.165) is 21.7 Å². The van der Waals surface area contributed by atoms with Gasteiger partial charge in [-0.15, -0.1) is 0 Å². The molecule has 0 unspecified atom stereocenters. The Labute approximate surface area is 162 Å². The van der Waals surface area contributed by atoms with E-state index in [9.17, 15) is 33.6 Å². The maximum Gasteiger partial charge on any atom is 0.423 e. The second-order valence-electron chi connectivity index (χ2n) is 6.18. The molecule has 0 spiro atoms. The zero-order valence-electron chi connectivity index (χ0n) is 15.3. The quantitative estimate of drug-likeness (QED) is 0.587. The Hall–Kier alpha value is -3.83. The number of hydrogen-bond donors (Lipinski definition) is 1. The van der Waals surface area contributed by atoms with E-state index in [0.29, 0.717) is 4.90 Å². The van der Waals surface area contributed by atoms with Crippen LogP contribution in [0.1, 0.15) is 25.3 Å². The fourth-order valence-corrected chi connectivity index (χ4v) is 2.94. The lowest BCUT2D eigenvalue weighted by molar-refractivity contribution is -0.137. The lowest BCUT2D eigenvalue weighted by Gasteiger charge is -2.13. The van der Waals surface area contributed by atoms with Gasteiger partial charge in [0.15, 0.2) is 0 Å². The number of amides is 5. The third kappa shape index (κ3) is 3.63. The summed E-state index contributed by atoms with van der Waals surface area (Å²) in [6.07, 6.45) is 0.793. The molecule has 2 aliphatic rings. The van der Waals surface area contributed by atoms with E-state index >= 15 is 0 Å². The van der Waals surface area contributed by atoms with Gasteiger partial charge in [-0.3, -0.25) is 38.4 Å². The van der Waals surface area contributed by atoms with Gasteiger partial charge in [-0.2, -0.15) is 4.90 Å². The highest BCUT2D eigenvalue weighted by Gasteiger charge is 2.36. The highest BCUT2D eigenvalue weighted by molar-refractivity contribution is 6.33. The molecule has 12 heteroatoms. The SMILES string of the molecule is CCN1C(=O)C=C(c2cn(CCOC(=O)N3C(=O)CCC3=O)c(=O)[nH]c2=O)C1=O. The maximum absolute atomic E-state index is 12.3. The molecule has 1 aromatic heterocycles. The number of likely N-dealkylation sites (N-methyl/N-ethyl adjacent to an activating group) is 1. The highest BCUT2D eigenvalue weighted by Crippen LogP contribution is 2.20. The van der Waals surface area contributed by atoms with Crippen molar-refractivity contribution in [2.45, 2.75) is 26.3 Å². The molecular weight excluding hydrogens is 388 g/mol. The Balaban J connectivity index is 1.75. The van der Waals surface area contributed by atoms with Crippen LogP contribution in [0.3, 0.4) is 0 Å². The van der Waals surface area contributed by atoms with Crippen LogP contribution >= 0.6 is 0 Å². The average Bonchev–Trinajstić information content (AvgIpc) is 3.14. The average molecular weight is 404 g/mol. The summed E-state index contributed by atoms with van der Waals surface area (Å²) in [5.41, 5.74) is -2.01. The minimum absolute atomic E-state index is 0.0761. The van der Waals surface area contributed by atoms with Gasteiger partial charge in [-0.1, -0.05) is 0 Å². The van der Waals surface area contributed by atoms with Crippen LogP contribution in [0.15, 0.2) is 21.9 Å². The summed E-state index contributed by atoms with van der Waals surface area (Å²) in [6, 6.07) is 0. The largest absolute Gasteiger partial charge is 0.447 e. The molecule has 29 heavy (non-hydrogen) atoms. The summed E-state index contributed by atoms with van der Waals surface area (Å²) in [5, 5.41) is 0. The van der Waals surface area contributed by atoms with Crippen molar-refractivity contribution in [2.75, 3.05) is 13.2 Å². The van der Waals surface area contributed by atoms with E-state index in [1.54, 1.807) is 6.92 Å². The third-order valence-electron chi connectivity index (χ3n) is 4.42. The summed E-state index contributed by atoms with van der Waals surface area (Å²) in [6.45, 7) is 1.12. The number of H-pyrrole nitrogens is 1. The van der Waals surface area contributed by atoms with Crippen molar-refractivity contribution in [3.8, 4) is 0 Å². The first kappa shape index (κ1) is 19.9. The van der Waals surface area contributed by atoms with Crippen molar-refractivity contribution in [1.29, 1.82) is 0 Å². The predicted octanol–water partition coefficient (Wildman–Crippen LogP) is -1.41. The summed E-state index contributed by atoms with van der Waals surface area (Å²) < 4.78 is 5.82. The monoisotopic (exact) mass is 404 g/mol. The molecule has 12 nitrogen and oxygen atoms in total. The van der Waals surface area contributed by atoms with Gasteiger partial charge in [0.2, 0.25) is 11.8 Å². The van der Waals surface area contributed by atoms with Crippen LogP contribution in [0.25, 0.3) is 5.57 Å². The number of carbonyl (C=O) groups is 5. The minimum Gasteiger partial charge on any atom is -0.447 e. The molecule has 2 aliphatic heterocycles. The van der Waals surface area contributed by atoms with E-state index < -0.39 is 41.0 Å². The number of hydrogen-bond acceptors (Lipinski definition) is 8. The lowest BCUT2D eigenvalue weighted by atomic mass is 10.1. The fraction of sp³-hybridized carbons (Fsp3) is 0.353. The molecule has 152 valence electrons. The van der Waals surface area contributed by atoms with Crippen LogP contribution in [-0.4, -0.2) is 62.2 Å². The summed E-state index contributed by atoms with van der Waals surface area (Å²) in [4.78, 5) is 86.3. The molecule has 0 aromatic carbocycles. The number of rotatable bonds is 5. The van der Waals surface area contributed by atoms with Gasteiger partial charge in [-0.05, 0) is 6.92 Å². The molecule has 1 aromatic rings. The van der Waals surface area contributed by atoms with Crippen LogP contribution in [0.5, 0.6) is 0 Å². The number of aromatic amines is 1. The van der Waals surface area contributed by atoms with Gasteiger partial charge < -0.3 is 4.74 Å². The van der Waals surface area contributed by atoms with Crippen LogP contribution < -0.4 is 11.2 Å². The molecule has 3 rings (SSSR count). The van der Waals surface area contributed by atoms with E-state index in [1.165, 1.54) is 0 Å². The summed E-state index contributed by atoms with van der Waals surface area (Å²) in [7, 11) is 0. The summed E-state index contributed by atoms with van der Waals surface area (Å²) in [5.74, 6) is -2.56.